The van der Waals surface area contributed by atoms with Crippen LogP contribution in [0.4, 0.5) is 11.4 Å². The van der Waals surface area contributed by atoms with E-state index >= 15 is 0 Å². The van der Waals surface area contributed by atoms with E-state index in [0.29, 0.717) is 22.8 Å². The zero-order valence-corrected chi connectivity index (χ0v) is 15.0. The van der Waals surface area contributed by atoms with E-state index < -0.39 is 0 Å². The van der Waals surface area contributed by atoms with Crippen molar-refractivity contribution in [3.05, 3.63) is 58.6 Å². The Kier molecular flexibility index (Phi) is 5.23. The molecule has 0 saturated carbocycles. The Hall–Kier alpha value is -2.86. The summed E-state index contributed by atoms with van der Waals surface area (Å²) in [5.41, 5.74) is 2.93. The van der Waals surface area contributed by atoms with Crippen LogP contribution in [0.1, 0.15) is 22.8 Å². The highest BCUT2D eigenvalue weighted by Gasteiger charge is 2.22. The van der Waals surface area contributed by atoms with E-state index in [-0.39, 0.29) is 24.3 Å². The summed E-state index contributed by atoms with van der Waals surface area (Å²) in [7, 11) is 0. The van der Waals surface area contributed by atoms with Gasteiger partial charge in [-0.3, -0.25) is 14.4 Å². The van der Waals surface area contributed by atoms with Gasteiger partial charge in [-0.05, 0) is 48.4 Å². The molecule has 2 N–H and O–H groups in total. The number of fused-ring (bicyclic) bond motifs is 1. The van der Waals surface area contributed by atoms with Crippen molar-refractivity contribution in [2.24, 2.45) is 0 Å². The van der Waals surface area contributed by atoms with Gasteiger partial charge >= 0.3 is 0 Å². The van der Waals surface area contributed by atoms with Crippen LogP contribution in [0.2, 0.25) is 5.02 Å². The van der Waals surface area contributed by atoms with Gasteiger partial charge in [0, 0.05) is 35.4 Å². The summed E-state index contributed by atoms with van der Waals surface area (Å²) in [4.78, 5) is 37.4. The molecule has 1 heterocycles. The van der Waals surface area contributed by atoms with Gasteiger partial charge in [0.15, 0.2) is 0 Å². The molecule has 0 aliphatic carbocycles. The van der Waals surface area contributed by atoms with Crippen LogP contribution >= 0.6 is 11.6 Å². The van der Waals surface area contributed by atoms with Gasteiger partial charge in [0.1, 0.15) is 0 Å². The number of carbonyl (C=O) groups is 3. The highest BCUT2D eigenvalue weighted by Crippen LogP contribution is 2.30. The third-order valence-electron chi connectivity index (χ3n) is 4.14. The Morgan fingerprint density at radius 2 is 1.96 bits per heavy atom. The first-order valence-electron chi connectivity index (χ1n) is 8.18. The Balaban J connectivity index is 1.57. The number of nitrogens with zero attached hydrogens (tertiary/aromatic N) is 1. The summed E-state index contributed by atoms with van der Waals surface area (Å²) in [5, 5.41) is 5.77. The van der Waals surface area contributed by atoms with E-state index in [1.54, 1.807) is 29.2 Å². The van der Waals surface area contributed by atoms with Crippen molar-refractivity contribution < 1.29 is 14.4 Å². The normalized spacial score (nSPS) is 12.5. The van der Waals surface area contributed by atoms with Crippen molar-refractivity contribution in [2.75, 3.05) is 23.3 Å². The first-order chi connectivity index (χ1) is 12.4. The Morgan fingerprint density at radius 3 is 2.69 bits per heavy atom. The minimum absolute atomic E-state index is 0.00395. The first-order valence-corrected chi connectivity index (χ1v) is 8.56. The minimum Gasteiger partial charge on any atom is -0.343 e. The summed E-state index contributed by atoms with van der Waals surface area (Å²) in [6, 6.07) is 11.9. The van der Waals surface area contributed by atoms with Crippen LogP contribution in [0.15, 0.2) is 42.5 Å². The highest BCUT2D eigenvalue weighted by molar-refractivity contribution is 6.31. The standard InChI is InChI=1S/C19H18ClN3O3/c1-12(24)23-8-7-13-10-16(5-6-17(13)23)22-18(25)11-21-19(26)14-3-2-4-15(20)9-14/h2-6,9-10H,7-8,11H2,1H3,(H,21,26)(H,22,25). The van der Waals surface area contributed by atoms with Crippen molar-refractivity contribution in [2.45, 2.75) is 13.3 Å². The monoisotopic (exact) mass is 371 g/mol. The molecule has 1 aliphatic rings. The summed E-state index contributed by atoms with van der Waals surface area (Å²) in [6.07, 6.45) is 0.754. The zero-order chi connectivity index (χ0) is 18.7. The second kappa shape index (κ2) is 7.58. The number of amides is 3. The molecule has 0 saturated heterocycles. The van der Waals surface area contributed by atoms with Crippen molar-refractivity contribution in [3.8, 4) is 0 Å². The summed E-state index contributed by atoms with van der Waals surface area (Å²) < 4.78 is 0. The maximum Gasteiger partial charge on any atom is 0.251 e. The molecule has 0 bridgehead atoms. The van der Waals surface area contributed by atoms with Gasteiger partial charge in [-0.2, -0.15) is 0 Å². The molecular weight excluding hydrogens is 354 g/mol. The van der Waals surface area contributed by atoms with Crippen LogP contribution in [0.3, 0.4) is 0 Å². The zero-order valence-electron chi connectivity index (χ0n) is 14.2. The van der Waals surface area contributed by atoms with E-state index in [0.717, 1.165) is 17.7 Å². The molecule has 2 aromatic rings. The molecule has 0 atom stereocenters. The maximum atomic E-state index is 12.1. The molecule has 3 rings (SSSR count). The van der Waals surface area contributed by atoms with E-state index in [1.165, 1.54) is 13.0 Å². The predicted molar refractivity (Wildman–Crippen MR) is 101 cm³/mol. The number of nitrogens with one attached hydrogen (secondary N) is 2. The minimum atomic E-state index is -0.367. The number of anilines is 2. The topological polar surface area (TPSA) is 78.5 Å². The fraction of sp³-hybridized carbons (Fsp3) is 0.211. The quantitative estimate of drug-likeness (QED) is 0.867. The third kappa shape index (κ3) is 4.03. The van der Waals surface area contributed by atoms with Crippen molar-refractivity contribution in [1.82, 2.24) is 5.32 Å². The summed E-state index contributed by atoms with van der Waals surface area (Å²) >= 11 is 5.85. The molecule has 1 aliphatic heterocycles. The van der Waals surface area contributed by atoms with Crippen molar-refractivity contribution in [3.63, 3.8) is 0 Å². The fourth-order valence-electron chi connectivity index (χ4n) is 2.90. The number of hydrogen-bond donors (Lipinski definition) is 2. The molecule has 0 radical (unpaired) electrons. The lowest BCUT2D eigenvalue weighted by Gasteiger charge is -2.15. The van der Waals surface area contributed by atoms with Gasteiger partial charge in [0.25, 0.3) is 5.91 Å². The number of rotatable bonds is 4. The molecular formula is C19H18ClN3O3. The van der Waals surface area contributed by atoms with Crippen LogP contribution in [-0.2, 0) is 16.0 Å². The number of halogens is 1. The molecule has 7 heteroatoms. The third-order valence-corrected chi connectivity index (χ3v) is 4.37. The van der Waals surface area contributed by atoms with E-state index in [2.05, 4.69) is 10.6 Å². The summed E-state index contributed by atoms with van der Waals surface area (Å²) in [5.74, 6) is -0.695. The number of benzene rings is 2. The van der Waals surface area contributed by atoms with Crippen molar-refractivity contribution in [1.29, 1.82) is 0 Å². The molecule has 3 amide bonds. The van der Waals surface area contributed by atoms with Crippen LogP contribution < -0.4 is 15.5 Å². The van der Waals surface area contributed by atoms with Crippen LogP contribution in [0.25, 0.3) is 0 Å². The summed E-state index contributed by atoms with van der Waals surface area (Å²) in [6.45, 7) is 2.03. The predicted octanol–water partition coefficient (Wildman–Crippen LogP) is 2.62. The van der Waals surface area contributed by atoms with Gasteiger partial charge in [-0.1, -0.05) is 17.7 Å². The fourth-order valence-corrected chi connectivity index (χ4v) is 3.09. The van der Waals surface area contributed by atoms with E-state index in [4.69, 9.17) is 11.6 Å². The average molecular weight is 372 g/mol. The lowest BCUT2D eigenvalue weighted by molar-refractivity contribution is -0.116. The Labute approximate surface area is 156 Å². The second-order valence-electron chi connectivity index (χ2n) is 6.01. The number of carbonyl (C=O) groups excluding carboxylic acids is 3. The first kappa shape index (κ1) is 17.9. The lowest BCUT2D eigenvalue weighted by atomic mass is 10.1. The molecule has 0 unspecified atom stereocenters. The van der Waals surface area contributed by atoms with Crippen LogP contribution in [0.5, 0.6) is 0 Å². The van der Waals surface area contributed by atoms with Gasteiger partial charge in [-0.15, -0.1) is 0 Å². The Bertz CT molecular complexity index is 882. The molecule has 26 heavy (non-hydrogen) atoms. The van der Waals surface area contributed by atoms with E-state index in [1.807, 2.05) is 12.1 Å². The van der Waals surface area contributed by atoms with Crippen molar-refractivity contribution >= 4 is 40.7 Å². The molecule has 0 fully saturated rings. The average Bonchev–Trinajstić information content (AvgIpc) is 3.03. The molecule has 6 nitrogen and oxygen atoms in total. The number of hydrogen-bond acceptors (Lipinski definition) is 3. The maximum absolute atomic E-state index is 12.1. The lowest BCUT2D eigenvalue weighted by Crippen LogP contribution is -2.32. The van der Waals surface area contributed by atoms with Gasteiger partial charge in [0.2, 0.25) is 11.8 Å². The Morgan fingerprint density at radius 1 is 1.15 bits per heavy atom. The van der Waals surface area contributed by atoms with Crippen LogP contribution in [0, 0.1) is 0 Å². The van der Waals surface area contributed by atoms with Gasteiger partial charge in [0.05, 0.1) is 6.54 Å². The van der Waals surface area contributed by atoms with Gasteiger partial charge in [-0.25, -0.2) is 0 Å². The molecule has 0 aromatic heterocycles. The largest absolute Gasteiger partial charge is 0.343 e. The smallest absolute Gasteiger partial charge is 0.251 e. The highest BCUT2D eigenvalue weighted by atomic mass is 35.5. The van der Waals surface area contributed by atoms with E-state index in [9.17, 15) is 14.4 Å². The second-order valence-corrected chi connectivity index (χ2v) is 6.44. The molecule has 134 valence electrons. The molecule has 2 aromatic carbocycles. The van der Waals surface area contributed by atoms with Gasteiger partial charge < -0.3 is 15.5 Å². The molecule has 0 spiro atoms. The SMILES string of the molecule is CC(=O)N1CCc2cc(NC(=O)CNC(=O)c3cccc(Cl)c3)ccc21. The van der Waals surface area contributed by atoms with Crippen LogP contribution in [-0.4, -0.2) is 30.8 Å².